The van der Waals surface area contributed by atoms with E-state index in [1.807, 2.05) is 6.20 Å². The summed E-state index contributed by atoms with van der Waals surface area (Å²) in [6, 6.07) is 4.84. The lowest BCUT2D eigenvalue weighted by Crippen LogP contribution is -2.01. The van der Waals surface area contributed by atoms with Crippen molar-refractivity contribution in [2.45, 2.75) is 5.88 Å². The number of hydrogen-bond acceptors (Lipinski definition) is 1. The largest absolute Gasteiger partial charge is 0.239 e. The minimum atomic E-state index is -0.298. The van der Waals surface area contributed by atoms with E-state index in [1.165, 1.54) is 6.07 Å². The van der Waals surface area contributed by atoms with Crippen molar-refractivity contribution in [2.75, 3.05) is 0 Å². The van der Waals surface area contributed by atoms with Gasteiger partial charge in [0.1, 0.15) is 5.82 Å². The first-order valence-corrected chi connectivity index (χ1v) is 5.87. The molecule has 5 heteroatoms. The summed E-state index contributed by atoms with van der Waals surface area (Å²) in [6.45, 7) is 0. The van der Waals surface area contributed by atoms with Gasteiger partial charge in [0, 0.05) is 11.8 Å². The molecule has 1 aromatic carbocycles. The number of alkyl halides is 1. The van der Waals surface area contributed by atoms with Crippen LogP contribution in [0.3, 0.4) is 0 Å². The Morgan fingerprint density at radius 3 is 2.87 bits per heavy atom. The standard InChI is InChI=1S/C10H7ClFIN2/c11-4-8-9(12)2-1-3-10(8)15-6-7(13)5-14-15/h1-3,5-6H,4H2. The molecule has 0 spiro atoms. The number of hydrogen-bond donors (Lipinski definition) is 0. The van der Waals surface area contributed by atoms with Crippen LogP contribution in [0.2, 0.25) is 0 Å². The molecule has 0 atom stereocenters. The van der Waals surface area contributed by atoms with Crippen LogP contribution in [0.5, 0.6) is 0 Å². The molecule has 0 fully saturated rings. The SMILES string of the molecule is Fc1cccc(-n2cc(I)cn2)c1CCl. The van der Waals surface area contributed by atoms with Crippen molar-refractivity contribution in [1.82, 2.24) is 9.78 Å². The number of halogens is 3. The summed E-state index contributed by atoms with van der Waals surface area (Å²) in [5.41, 5.74) is 1.16. The van der Waals surface area contributed by atoms with E-state index in [9.17, 15) is 4.39 Å². The third-order valence-corrected chi connectivity index (χ3v) is 2.85. The lowest BCUT2D eigenvalue weighted by atomic mass is 10.2. The van der Waals surface area contributed by atoms with Gasteiger partial charge in [0.25, 0.3) is 0 Å². The van der Waals surface area contributed by atoms with Gasteiger partial charge in [-0.15, -0.1) is 11.6 Å². The van der Waals surface area contributed by atoms with Gasteiger partial charge >= 0.3 is 0 Å². The van der Waals surface area contributed by atoms with E-state index < -0.39 is 0 Å². The lowest BCUT2D eigenvalue weighted by Gasteiger charge is -2.07. The Morgan fingerprint density at radius 2 is 2.27 bits per heavy atom. The van der Waals surface area contributed by atoms with Crippen molar-refractivity contribution >= 4 is 34.2 Å². The summed E-state index contributed by atoms with van der Waals surface area (Å²) in [4.78, 5) is 0. The molecule has 1 heterocycles. The second kappa shape index (κ2) is 4.49. The second-order valence-electron chi connectivity index (χ2n) is 2.97. The molecule has 0 saturated carbocycles. The fourth-order valence-corrected chi connectivity index (χ4v) is 1.98. The second-order valence-corrected chi connectivity index (χ2v) is 4.49. The molecule has 2 nitrogen and oxygen atoms in total. The summed E-state index contributed by atoms with van der Waals surface area (Å²) in [7, 11) is 0. The monoisotopic (exact) mass is 336 g/mol. The normalized spacial score (nSPS) is 10.6. The maximum absolute atomic E-state index is 13.4. The Balaban J connectivity index is 2.57. The summed E-state index contributed by atoms with van der Waals surface area (Å²) < 4.78 is 16.0. The molecule has 0 aliphatic rings. The van der Waals surface area contributed by atoms with Gasteiger partial charge in [-0.25, -0.2) is 9.07 Å². The van der Waals surface area contributed by atoms with E-state index in [4.69, 9.17) is 11.6 Å². The Kier molecular flexibility index (Phi) is 3.25. The topological polar surface area (TPSA) is 17.8 Å². The van der Waals surface area contributed by atoms with Crippen LogP contribution in [0.25, 0.3) is 5.69 Å². The van der Waals surface area contributed by atoms with Crippen molar-refractivity contribution in [3.05, 3.63) is 45.5 Å². The van der Waals surface area contributed by atoms with Gasteiger partial charge in [0.15, 0.2) is 0 Å². The molecule has 0 aliphatic carbocycles. The van der Waals surface area contributed by atoms with Gasteiger partial charge in [-0.05, 0) is 34.7 Å². The van der Waals surface area contributed by atoms with Crippen LogP contribution in [0.1, 0.15) is 5.56 Å². The van der Waals surface area contributed by atoms with Crippen LogP contribution < -0.4 is 0 Å². The molecule has 0 radical (unpaired) electrons. The van der Waals surface area contributed by atoms with Gasteiger partial charge < -0.3 is 0 Å². The fourth-order valence-electron chi connectivity index (χ4n) is 1.33. The molecule has 0 amide bonds. The third kappa shape index (κ3) is 2.15. The summed E-state index contributed by atoms with van der Waals surface area (Å²) >= 11 is 7.86. The van der Waals surface area contributed by atoms with Gasteiger partial charge in [-0.3, -0.25) is 0 Å². The summed E-state index contributed by atoms with van der Waals surface area (Å²) in [5.74, 6) is -0.161. The highest BCUT2D eigenvalue weighted by molar-refractivity contribution is 14.1. The molecule has 0 N–H and O–H groups in total. The van der Waals surface area contributed by atoms with Crippen LogP contribution >= 0.6 is 34.2 Å². The van der Waals surface area contributed by atoms with Crippen LogP contribution in [-0.4, -0.2) is 9.78 Å². The molecule has 78 valence electrons. The van der Waals surface area contributed by atoms with Crippen molar-refractivity contribution in [3.63, 3.8) is 0 Å². The van der Waals surface area contributed by atoms with Crippen molar-refractivity contribution in [1.29, 1.82) is 0 Å². The highest BCUT2D eigenvalue weighted by Crippen LogP contribution is 2.20. The molecule has 2 aromatic rings. The van der Waals surface area contributed by atoms with E-state index in [0.717, 1.165) is 3.57 Å². The van der Waals surface area contributed by atoms with Gasteiger partial charge in [0.05, 0.1) is 21.3 Å². The quantitative estimate of drug-likeness (QED) is 0.607. The summed E-state index contributed by atoms with van der Waals surface area (Å²) in [5, 5.41) is 4.12. The van der Waals surface area contributed by atoms with Gasteiger partial charge in [0.2, 0.25) is 0 Å². The Morgan fingerprint density at radius 1 is 1.47 bits per heavy atom. The lowest BCUT2D eigenvalue weighted by molar-refractivity contribution is 0.613. The third-order valence-electron chi connectivity index (χ3n) is 2.03. The average Bonchev–Trinajstić information content (AvgIpc) is 2.64. The minimum absolute atomic E-state index is 0.137. The fraction of sp³-hybridized carbons (Fsp3) is 0.100. The molecular formula is C10H7ClFIN2. The Labute approximate surface area is 105 Å². The maximum Gasteiger partial charge on any atom is 0.129 e. The highest BCUT2D eigenvalue weighted by Gasteiger charge is 2.09. The van der Waals surface area contributed by atoms with Crippen molar-refractivity contribution in [3.8, 4) is 5.69 Å². The molecule has 2 rings (SSSR count). The predicted octanol–water partition coefficient (Wildman–Crippen LogP) is 3.35. The summed E-state index contributed by atoms with van der Waals surface area (Å²) in [6.07, 6.45) is 3.54. The van der Waals surface area contributed by atoms with Gasteiger partial charge in [-0.1, -0.05) is 6.07 Å². The Hall–Kier alpha value is -0.620. The van der Waals surface area contributed by atoms with Crippen LogP contribution in [0.15, 0.2) is 30.6 Å². The molecule has 0 saturated heterocycles. The Bertz CT molecular complexity index is 484. The number of nitrogens with zero attached hydrogens (tertiary/aromatic N) is 2. The molecule has 0 unspecified atom stereocenters. The van der Waals surface area contributed by atoms with Crippen LogP contribution in [-0.2, 0) is 5.88 Å². The van der Waals surface area contributed by atoms with E-state index in [1.54, 1.807) is 23.0 Å². The van der Waals surface area contributed by atoms with E-state index in [2.05, 4.69) is 27.7 Å². The zero-order valence-corrected chi connectivity index (χ0v) is 10.5. The number of benzene rings is 1. The van der Waals surface area contributed by atoms with Crippen molar-refractivity contribution < 1.29 is 4.39 Å². The first kappa shape index (κ1) is 10.9. The molecule has 0 aliphatic heterocycles. The maximum atomic E-state index is 13.4. The number of rotatable bonds is 2. The molecule has 15 heavy (non-hydrogen) atoms. The van der Waals surface area contributed by atoms with E-state index in [-0.39, 0.29) is 11.7 Å². The number of aromatic nitrogens is 2. The first-order valence-electron chi connectivity index (χ1n) is 4.26. The minimum Gasteiger partial charge on any atom is -0.239 e. The average molecular weight is 337 g/mol. The first-order chi connectivity index (χ1) is 7.22. The van der Waals surface area contributed by atoms with Crippen LogP contribution in [0, 0.1) is 9.39 Å². The molecular weight excluding hydrogens is 329 g/mol. The highest BCUT2D eigenvalue weighted by atomic mass is 127. The molecule has 1 aromatic heterocycles. The smallest absolute Gasteiger partial charge is 0.129 e. The zero-order valence-electron chi connectivity index (χ0n) is 7.62. The van der Waals surface area contributed by atoms with Gasteiger partial charge in [-0.2, -0.15) is 5.10 Å². The van der Waals surface area contributed by atoms with E-state index in [0.29, 0.717) is 11.3 Å². The van der Waals surface area contributed by atoms with Crippen LogP contribution in [0.4, 0.5) is 4.39 Å². The van der Waals surface area contributed by atoms with Crippen molar-refractivity contribution in [2.24, 2.45) is 0 Å². The zero-order chi connectivity index (χ0) is 10.8. The predicted molar refractivity (Wildman–Crippen MR) is 65.8 cm³/mol. The van der Waals surface area contributed by atoms with E-state index >= 15 is 0 Å². The molecule has 0 bridgehead atoms.